The van der Waals surface area contributed by atoms with Crippen LogP contribution >= 0.6 is 23.1 Å². The van der Waals surface area contributed by atoms with Crippen LogP contribution in [0.2, 0.25) is 5.02 Å². The molecular formula is C19H18ClN3O4S2. The van der Waals surface area contributed by atoms with Crippen molar-refractivity contribution in [1.82, 2.24) is 9.36 Å². The van der Waals surface area contributed by atoms with E-state index in [1.807, 2.05) is 13.8 Å². The zero-order valence-corrected chi connectivity index (χ0v) is 18.3. The second-order valence-electron chi connectivity index (χ2n) is 6.43. The van der Waals surface area contributed by atoms with Crippen molar-refractivity contribution in [2.24, 2.45) is 0 Å². The molecule has 0 aliphatic carbocycles. The molecule has 3 aromatic rings. The molecule has 3 rings (SSSR count). The summed E-state index contributed by atoms with van der Waals surface area (Å²) in [5.41, 5.74) is 2.40. The third kappa shape index (κ3) is 5.31. The lowest BCUT2D eigenvalue weighted by molar-refractivity contribution is -0.118. The summed E-state index contributed by atoms with van der Waals surface area (Å²) < 4.78 is 32.8. The molecule has 29 heavy (non-hydrogen) atoms. The Morgan fingerprint density at radius 3 is 2.38 bits per heavy atom. The number of aromatic nitrogens is 2. The molecule has 1 heterocycles. The number of ether oxygens (including phenoxy) is 1. The highest BCUT2D eigenvalue weighted by Crippen LogP contribution is 2.26. The maximum Gasteiger partial charge on any atom is 0.264 e. The molecule has 0 aliphatic rings. The van der Waals surface area contributed by atoms with Crippen LogP contribution in [0.1, 0.15) is 11.1 Å². The summed E-state index contributed by atoms with van der Waals surface area (Å²) in [4.78, 5) is 16.6. The molecule has 7 nitrogen and oxygen atoms in total. The molecule has 0 fully saturated rings. The number of anilines is 1. The molecular weight excluding hydrogens is 434 g/mol. The number of hydrogen-bond acceptors (Lipinski definition) is 7. The zero-order chi connectivity index (χ0) is 21.2. The maximum absolute atomic E-state index is 12.1. The smallest absolute Gasteiger partial charge is 0.264 e. The quantitative estimate of drug-likeness (QED) is 0.610. The molecule has 10 heteroatoms. The summed E-state index contributed by atoms with van der Waals surface area (Å²) >= 11 is 7.15. The Kier molecular flexibility index (Phi) is 6.21. The summed E-state index contributed by atoms with van der Waals surface area (Å²) in [6, 6.07) is 9.77. The number of halogens is 1. The summed E-state index contributed by atoms with van der Waals surface area (Å²) in [6.45, 7) is 3.56. The van der Waals surface area contributed by atoms with Gasteiger partial charge in [-0.15, -0.1) is 0 Å². The van der Waals surface area contributed by atoms with E-state index in [1.54, 1.807) is 24.3 Å². The fourth-order valence-electron chi connectivity index (χ4n) is 2.54. The van der Waals surface area contributed by atoms with Gasteiger partial charge in [0.05, 0.1) is 4.90 Å². The van der Waals surface area contributed by atoms with Gasteiger partial charge < -0.3 is 4.74 Å². The number of amides is 1. The average Bonchev–Trinajstić information content (AvgIpc) is 3.12. The van der Waals surface area contributed by atoms with E-state index in [-0.39, 0.29) is 17.4 Å². The van der Waals surface area contributed by atoms with Crippen LogP contribution in [0.15, 0.2) is 41.3 Å². The Morgan fingerprint density at radius 1 is 1.17 bits per heavy atom. The van der Waals surface area contributed by atoms with Crippen molar-refractivity contribution in [2.75, 3.05) is 18.2 Å². The van der Waals surface area contributed by atoms with Crippen molar-refractivity contribution in [3.8, 4) is 17.1 Å². The molecule has 1 amide bonds. The zero-order valence-electron chi connectivity index (χ0n) is 15.9. The minimum absolute atomic E-state index is 0.182. The molecule has 0 saturated carbocycles. The van der Waals surface area contributed by atoms with Gasteiger partial charge in [0, 0.05) is 28.4 Å². The standard InChI is InChI=1S/C19H18ClN3O4S2/c1-11-8-14(9-12(2)17(11)20)27-10-16(24)21-19-22-18(23-28-19)13-4-6-15(7-5-13)29(3,25)26/h4-9H,10H2,1-3H3,(H,21,22,23,24). The van der Waals surface area contributed by atoms with Crippen LogP contribution < -0.4 is 10.1 Å². The predicted octanol–water partition coefficient (Wildman–Crippen LogP) is 3.90. The van der Waals surface area contributed by atoms with E-state index in [1.165, 1.54) is 12.1 Å². The number of rotatable bonds is 6. The lowest BCUT2D eigenvalue weighted by Gasteiger charge is -2.09. The molecule has 0 aliphatic heterocycles. The summed E-state index contributed by atoms with van der Waals surface area (Å²) in [6.07, 6.45) is 1.14. The Morgan fingerprint density at radius 2 is 1.79 bits per heavy atom. The van der Waals surface area contributed by atoms with E-state index in [9.17, 15) is 13.2 Å². The molecule has 0 spiro atoms. The molecule has 0 atom stereocenters. The summed E-state index contributed by atoms with van der Waals surface area (Å²) in [5.74, 6) is 0.587. The molecule has 2 aromatic carbocycles. The lowest BCUT2D eigenvalue weighted by Crippen LogP contribution is -2.20. The molecule has 1 N–H and O–H groups in total. The van der Waals surface area contributed by atoms with Gasteiger partial charge in [0.2, 0.25) is 5.13 Å². The van der Waals surface area contributed by atoms with E-state index >= 15 is 0 Å². The number of carbonyl (C=O) groups is 1. The van der Waals surface area contributed by atoms with Gasteiger partial charge >= 0.3 is 0 Å². The van der Waals surface area contributed by atoms with Gasteiger partial charge in [-0.2, -0.15) is 9.36 Å². The molecule has 0 radical (unpaired) electrons. The van der Waals surface area contributed by atoms with Gasteiger partial charge in [-0.3, -0.25) is 10.1 Å². The van der Waals surface area contributed by atoms with Crippen LogP contribution in [0.3, 0.4) is 0 Å². The van der Waals surface area contributed by atoms with Crippen molar-refractivity contribution >= 4 is 44.0 Å². The molecule has 1 aromatic heterocycles. The topological polar surface area (TPSA) is 98.2 Å². The molecule has 0 saturated heterocycles. The predicted molar refractivity (Wildman–Crippen MR) is 114 cm³/mol. The highest BCUT2D eigenvalue weighted by atomic mass is 35.5. The van der Waals surface area contributed by atoms with E-state index < -0.39 is 9.84 Å². The van der Waals surface area contributed by atoms with Gasteiger partial charge in [0.1, 0.15) is 5.75 Å². The number of hydrogen-bond donors (Lipinski definition) is 1. The second kappa shape index (κ2) is 8.48. The van der Waals surface area contributed by atoms with E-state index in [2.05, 4.69) is 14.7 Å². The monoisotopic (exact) mass is 451 g/mol. The van der Waals surface area contributed by atoms with E-state index in [0.29, 0.717) is 27.3 Å². The van der Waals surface area contributed by atoms with Crippen LogP contribution in [0, 0.1) is 13.8 Å². The minimum Gasteiger partial charge on any atom is -0.484 e. The Labute approximate surface area is 177 Å². The first kappa shape index (κ1) is 21.2. The Bertz CT molecular complexity index is 1140. The molecule has 0 bridgehead atoms. The van der Waals surface area contributed by atoms with Gasteiger partial charge in [-0.05, 0) is 61.4 Å². The van der Waals surface area contributed by atoms with Crippen molar-refractivity contribution in [3.63, 3.8) is 0 Å². The average molecular weight is 452 g/mol. The first-order chi connectivity index (χ1) is 13.6. The summed E-state index contributed by atoms with van der Waals surface area (Å²) in [5, 5.41) is 3.63. The largest absolute Gasteiger partial charge is 0.484 e. The SMILES string of the molecule is Cc1cc(OCC(=O)Nc2nc(-c3ccc(S(C)(=O)=O)cc3)ns2)cc(C)c1Cl. The number of aryl methyl sites for hydroxylation is 2. The summed E-state index contributed by atoms with van der Waals surface area (Å²) in [7, 11) is -3.27. The van der Waals surface area contributed by atoms with Crippen molar-refractivity contribution < 1.29 is 17.9 Å². The first-order valence-corrected chi connectivity index (χ1v) is 11.5. The Hall–Kier alpha value is -2.49. The number of nitrogens with one attached hydrogen (secondary N) is 1. The first-order valence-electron chi connectivity index (χ1n) is 8.47. The molecule has 152 valence electrons. The van der Waals surface area contributed by atoms with Gasteiger partial charge in [-0.25, -0.2) is 8.42 Å². The van der Waals surface area contributed by atoms with Gasteiger partial charge in [0.15, 0.2) is 22.3 Å². The van der Waals surface area contributed by atoms with Crippen LogP contribution in [0.5, 0.6) is 5.75 Å². The van der Waals surface area contributed by atoms with Crippen molar-refractivity contribution in [1.29, 1.82) is 0 Å². The Balaban J connectivity index is 1.62. The fourth-order valence-corrected chi connectivity index (χ4v) is 3.88. The molecule has 0 unspecified atom stereocenters. The number of carbonyl (C=O) groups excluding carboxylic acids is 1. The van der Waals surface area contributed by atoms with Crippen LogP contribution in [-0.2, 0) is 14.6 Å². The fraction of sp³-hybridized carbons (Fsp3) is 0.211. The minimum atomic E-state index is -3.27. The normalized spacial score (nSPS) is 11.3. The van der Waals surface area contributed by atoms with Crippen molar-refractivity contribution in [3.05, 3.63) is 52.5 Å². The van der Waals surface area contributed by atoms with Crippen LogP contribution in [0.25, 0.3) is 11.4 Å². The van der Waals surface area contributed by atoms with Crippen LogP contribution in [-0.4, -0.2) is 36.5 Å². The van der Waals surface area contributed by atoms with E-state index in [0.717, 1.165) is 28.9 Å². The number of sulfone groups is 1. The highest BCUT2D eigenvalue weighted by Gasteiger charge is 2.12. The number of benzene rings is 2. The van der Waals surface area contributed by atoms with E-state index in [4.69, 9.17) is 16.3 Å². The van der Waals surface area contributed by atoms with Gasteiger partial charge in [-0.1, -0.05) is 11.6 Å². The van der Waals surface area contributed by atoms with Crippen molar-refractivity contribution in [2.45, 2.75) is 18.7 Å². The third-order valence-corrected chi connectivity index (χ3v) is 6.35. The lowest BCUT2D eigenvalue weighted by atomic mass is 10.1. The second-order valence-corrected chi connectivity index (χ2v) is 9.57. The van der Waals surface area contributed by atoms with Gasteiger partial charge in [0.25, 0.3) is 5.91 Å². The number of nitrogens with zero attached hydrogens (tertiary/aromatic N) is 2. The maximum atomic E-state index is 12.1. The van der Waals surface area contributed by atoms with Crippen LogP contribution in [0.4, 0.5) is 5.13 Å². The highest BCUT2D eigenvalue weighted by molar-refractivity contribution is 7.90. The third-order valence-electron chi connectivity index (χ3n) is 3.99.